The van der Waals surface area contributed by atoms with E-state index in [-0.39, 0.29) is 25.0 Å². The Labute approximate surface area is 237 Å². The summed E-state index contributed by atoms with van der Waals surface area (Å²) in [5.74, 6) is -0.611. The van der Waals surface area contributed by atoms with E-state index in [4.69, 9.17) is 53.1 Å². The molecule has 2 amide bonds. The van der Waals surface area contributed by atoms with Crippen LogP contribution in [0.4, 0.5) is 0 Å². The largest absolute Gasteiger partial charge is 0.378 e. The van der Waals surface area contributed by atoms with Crippen molar-refractivity contribution in [3.05, 3.63) is 12.2 Å². The smallest absolute Gasteiger partial charge is 0.253 e. The maximum Gasteiger partial charge on any atom is 0.253 e. The molecule has 1 aliphatic heterocycles. The van der Waals surface area contributed by atoms with Gasteiger partial charge in [-0.1, -0.05) is 0 Å². The zero-order valence-corrected chi connectivity index (χ0v) is 23.6. The van der Waals surface area contributed by atoms with E-state index in [1.807, 2.05) is 0 Å². The van der Waals surface area contributed by atoms with E-state index in [1.54, 1.807) is 0 Å². The molecule has 0 atom stereocenters. The zero-order valence-electron chi connectivity index (χ0n) is 23.6. The number of carbonyl (C=O) groups excluding carboxylic acids is 2. The summed E-state index contributed by atoms with van der Waals surface area (Å²) in [5, 5.41) is 0. The minimum absolute atomic E-state index is 0.241. The van der Waals surface area contributed by atoms with Crippen molar-refractivity contribution in [3.63, 3.8) is 0 Å². The first-order valence-corrected chi connectivity index (χ1v) is 13.8. The van der Waals surface area contributed by atoms with E-state index in [1.165, 1.54) is 12.2 Å². The molecule has 0 saturated heterocycles. The summed E-state index contributed by atoms with van der Waals surface area (Å²) in [7, 11) is 0. The van der Waals surface area contributed by atoms with Crippen LogP contribution >= 0.6 is 0 Å². The molecular formula is C26H48N2O12. The average Bonchev–Trinajstić information content (AvgIpc) is 3.28. The summed E-state index contributed by atoms with van der Waals surface area (Å²) in [6, 6.07) is 0. The third-order valence-electron chi connectivity index (χ3n) is 4.97. The minimum Gasteiger partial charge on any atom is -0.378 e. The van der Waals surface area contributed by atoms with Gasteiger partial charge >= 0.3 is 0 Å². The summed E-state index contributed by atoms with van der Waals surface area (Å²) in [5.41, 5.74) is 5.32. The lowest BCUT2D eigenvalue weighted by Crippen LogP contribution is -2.33. The predicted molar refractivity (Wildman–Crippen MR) is 143 cm³/mol. The molecular weight excluding hydrogens is 532 g/mol. The number of hydrogen-bond acceptors (Lipinski definition) is 13. The van der Waals surface area contributed by atoms with Crippen LogP contribution in [-0.2, 0) is 57.0 Å². The number of imide groups is 1. The second-order valence-electron chi connectivity index (χ2n) is 8.07. The standard InChI is InChI=1S/C26H48N2O12/c27-3-5-31-7-9-33-11-13-35-15-17-37-19-21-39-23-24-40-22-20-38-18-16-36-14-12-34-10-8-32-6-4-28-25(29)1-2-26(28)30/h1-2H,3-24,27H2. The van der Waals surface area contributed by atoms with Crippen LogP contribution in [0.2, 0.25) is 0 Å². The molecule has 14 heteroatoms. The number of ether oxygens (including phenoxy) is 10. The van der Waals surface area contributed by atoms with Gasteiger partial charge in [0.2, 0.25) is 0 Å². The van der Waals surface area contributed by atoms with Gasteiger partial charge in [0.25, 0.3) is 11.8 Å². The highest BCUT2D eigenvalue weighted by molar-refractivity contribution is 6.12. The Morgan fingerprint density at radius 3 is 0.875 bits per heavy atom. The Kier molecular flexibility index (Phi) is 26.4. The molecule has 0 saturated carbocycles. The Hall–Kier alpha value is -1.56. The van der Waals surface area contributed by atoms with Gasteiger partial charge in [0.15, 0.2) is 0 Å². The van der Waals surface area contributed by atoms with Crippen molar-refractivity contribution < 1.29 is 57.0 Å². The van der Waals surface area contributed by atoms with Crippen LogP contribution in [0.15, 0.2) is 12.2 Å². The van der Waals surface area contributed by atoms with Gasteiger partial charge in [-0.25, -0.2) is 0 Å². The Bertz CT molecular complexity index is 608. The second-order valence-corrected chi connectivity index (χ2v) is 8.07. The van der Waals surface area contributed by atoms with Gasteiger partial charge in [0.1, 0.15) is 0 Å². The molecule has 0 aromatic heterocycles. The van der Waals surface area contributed by atoms with Crippen LogP contribution in [0.5, 0.6) is 0 Å². The second kappa shape index (κ2) is 29.0. The number of amides is 2. The predicted octanol–water partition coefficient (Wildman–Crippen LogP) is -0.964. The molecule has 0 fully saturated rings. The van der Waals surface area contributed by atoms with Crippen LogP contribution in [0.1, 0.15) is 0 Å². The molecule has 1 rings (SSSR count). The molecule has 234 valence electrons. The monoisotopic (exact) mass is 580 g/mol. The van der Waals surface area contributed by atoms with E-state index >= 15 is 0 Å². The fourth-order valence-electron chi connectivity index (χ4n) is 2.97. The molecule has 0 aliphatic carbocycles. The van der Waals surface area contributed by atoms with Gasteiger partial charge in [-0.15, -0.1) is 0 Å². The molecule has 40 heavy (non-hydrogen) atoms. The molecule has 1 aliphatic rings. The fraction of sp³-hybridized carbons (Fsp3) is 0.846. The Morgan fingerprint density at radius 1 is 0.400 bits per heavy atom. The van der Waals surface area contributed by atoms with Crippen molar-refractivity contribution in [3.8, 4) is 0 Å². The van der Waals surface area contributed by atoms with Crippen molar-refractivity contribution in [2.24, 2.45) is 5.73 Å². The molecule has 0 spiro atoms. The number of rotatable bonds is 32. The molecule has 14 nitrogen and oxygen atoms in total. The lowest BCUT2D eigenvalue weighted by Gasteiger charge is -2.13. The van der Waals surface area contributed by atoms with Crippen LogP contribution in [0, 0.1) is 0 Å². The quantitative estimate of drug-likeness (QED) is 0.0767. The summed E-state index contributed by atoms with van der Waals surface area (Å²) in [6.07, 6.45) is 2.51. The topological polar surface area (TPSA) is 156 Å². The van der Waals surface area contributed by atoms with Gasteiger partial charge in [0.05, 0.1) is 139 Å². The van der Waals surface area contributed by atoms with Gasteiger partial charge in [0, 0.05) is 18.7 Å². The Balaban J connectivity index is 1.63. The van der Waals surface area contributed by atoms with E-state index in [0.717, 1.165) is 4.90 Å². The first-order valence-electron chi connectivity index (χ1n) is 13.8. The highest BCUT2D eigenvalue weighted by Gasteiger charge is 2.22. The normalized spacial score (nSPS) is 13.3. The van der Waals surface area contributed by atoms with Gasteiger partial charge < -0.3 is 53.1 Å². The maximum absolute atomic E-state index is 11.4. The van der Waals surface area contributed by atoms with Crippen molar-refractivity contribution in [2.45, 2.75) is 0 Å². The third-order valence-corrected chi connectivity index (χ3v) is 4.97. The van der Waals surface area contributed by atoms with Crippen molar-refractivity contribution in [1.82, 2.24) is 4.90 Å². The van der Waals surface area contributed by atoms with Crippen LogP contribution in [0.3, 0.4) is 0 Å². The first-order chi connectivity index (χ1) is 19.8. The van der Waals surface area contributed by atoms with Crippen LogP contribution < -0.4 is 5.73 Å². The maximum atomic E-state index is 11.4. The summed E-state index contributed by atoms with van der Waals surface area (Å²) in [6.45, 7) is 10.4. The SMILES string of the molecule is NCCOCCOCCOCCOCCOCCOCCOCCOCCOCCOCCN1C(=O)C=CC1=O. The molecule has 0 aromatic carbocycles. The average molecular weight is 581 g/mol. The van der Waals surface area contributed by atoms with Crippen molar-refractivity contribution in [2.75, 3.05) is 145 Å². The minimum atomic E-state index is -0.306. The van der Waals surface area contributed by atoms with Gasteiger partial charge in [-0.05, 0) is 0 Å². The van der Waals surface area contributed by atoms with Gasteiger partial charge in [-0.2, -0.15) is 0 Å². The van der Waals surface area contributed by atoms with E-state index in [9.17, 15) is 9.59 Å². The number of carbonyl (C=O) groups is 2. The summed E-state index contributed by atoms with van der Waals surface area (Å²) in [4.78, 5) is 23.9. The highest BCUT2D eigenvalue weighted by Crippen LogP contribution is 2.02. The zero-order chi connectivity index (χ0) is 28.8. The molecule has 0 unspecified atom stereocenters. The molecule has 1 heterocycles. The molecule has 0 radical (unpaired) electrons. The van der Waals surface area contributed by atoms with Gasteiger partial charge in [-0.3, -0.25) is 14.5 Å². The van der Waals surface area contributed by atoms with E-state index in [0.29, 0.717) is 132 Å². The molecule has 2 N–H and O–H groups in total. The van der Waals surface area contributed by atoms with Crippen LogP contribution in [-0.4, -0.2) is 162 Å². The lowest BCUT2D eigenvalue weighted by atomic mass is 10.5. The Morgan fingerprint density at radius 2 is 0.625 bits per heavy atom. The first kappa shape index (κ1) is 36.5. The number of nitrogens with zero attached hydrogens (tertiary/aromatic N) is 1. The van der Waals surface area contributed by atoms with Crippen molar-refractivity contribution in [1.29, 1.82) is 0 Å². The van der Waals surface area contributed by atoms with Crippen molar-refractivity contribution >= 4 is 11.8 Å². The molecule has 0 bridgehead atoms. The van der Waals surface area contributed by atoms with E-state index in [2.05, 4.69) is 0 Å². The summed E-state index contributed by atoms with van der Waals surface area (Å²) < 4.78 is 53.9. The number of nitrogens with two attached hydrogens (primary N) is 1. The fourth-order valence-corrected chi connectivity index (χ4v) is 2.97. The summed E-state index contributed by atoms with van der Waals surface area (Å²) >= 11 is 0. The number of hydrogen-bond donors (Lipinski definition) is 1. The molecule has 0 aromatic rings. The highest BCUT2D eigenvalue weighted by atomic mass is 16.6. The van der Waals surface area contributed by atoms with Crippen LogP contribution in [0.25, 0.3) is 0 Å². The van der Waals surface area contributed by atoms with E-state index < -0.39 is 0 Å². The lowest BCUT2D eigenvalue weighted by molar-refractivity contribution is -0.137. The third kappa shape index (κ3) is 23.2.